The topological polar surface area (TPSA) is 122 Å². The molecule has 1 aliphatic rings. The number of aromatic carboxylic acids is 1. The number of benzene rings is 2. The van der Waals surface area contributed by atoms with Crippen molar-refractivity contribution in [1.29, 1.82) is 0 Å². The Hall–Kier alpha value is -3.66. The van der Waals surface area contributed by atoms with Crippen molar-refractivity contribution in [2.24, 2.45) is 0 Å². The number of nitrogens with two attached hydrogens (primary N) is 1. The number of thioether (sulfide) groups is 1. The highest BCUT2D eigenvalue weighted by atomic mass is 32.2. The molecule has 1 atom stereocenters. The first-order chi connectivity index (χ1) is 17.8. The van der Waals surface area contributed by atoms with Crippen LogP contribution in [-0.2, 0) is 5.54 Å². The van der Waals surface area contributed by atoms with E-state index in [4.69, 9.17) is 10.5 Å². The highest BCUT2D eigenvalue weighted by molar-refractivity contribution is 7.99. The van der Waals surface area contributed by atoms with Crippen LogP contribution in [0.3, 0.4) is 0 Å². The molecule has 2 aromatic heterocycles. The fourth-order valence-corrected chi connectivity index (χ4v) is 6.16. The molecule has 5 N–H and O–H groups in total. The van der Waals surface area contributed by atoms with Crippen LogP contribution in [0.15, 0.2) is 46.3 Å². The maximum Gasteiger partial charge on any atom is 0.341 e. The summed E-state index contributed by atoms with van der Waals surface area (Å²) in [5.74, 6) is -1.36. The number of H-pyrrole nitrogens is 1. The van der Waals surface area contributed by atoms with Gasteiger partial charge in [-0.3, -0.25) is 4.79 Å². The third-order valence-corrected chi connectivity index (χ3v) is 8.24. The lowest BCUT2D eigenvalue weighted by Crippen LogP contribution is -2.43. The van der Waals surface area contributed by atoms with Gasteiger partial charge in [-0.1, -0.05) is 38.5 Å². The van der Waals surface area contributed by atoms with Gasteiger partial charge in [-0.2, -0.15) is 0 Å². The van der Waals surface area contributed by atoms with Gasteiger partial charge in [0, 0.05) is 40.5 Å². The Kier molecular flexibility index (Phi) is 6.53. The first kappa shape index (κ1) is 25.0. The molecule has 4 aromatic rings. The Morgan fingerprint density at radius 2 is 2.14 bits per heavy atom. The van der Waals surface area contributed by atoms with E-state index < -0.39 is 28.3 Å². The number of hydrogen-bond acceptors (Lipinski definition) is 6. The highest BCUT2D eigenvalue weighted by Gasteiger charge is 2.39. The minimum Gasteiger partial charge on any atom is -0.487 e. The fourth-order valence-electron chi connectivity index (χ4n) is 5.26. The van der Waals surface area contributed by atoms with Gasteiger partial charge in [0.2, 0.25) is 5.43 Å². The number of rotatable bonds is 9. The fraction of sp³-hybridized carbons (Fsp3) is 0.333. The van der Waals surface area contributed by atoms with Crippen LogP contribution < -0.4 is 21.2 Å². The van der Waals surface area contributed by atoms with Crippen LogP contribution in [0.5, 0.6) is 5.75 Å². The number of para-hydroxylation sites is 1. The van der Waals surface area contributed by atoms with Gasteiger partial charge in [0.05, 0.1) is 22.1 Å². The molecule has 0 fully saturated rings. The number of anilines is 2. The zero-order valence-corrected chi connectivity index (χ0v) is 21.5. The largest absolute Gasteiger partial charge is 0.487 e. The van der Waals surface area contributed by atoms with Crippen molar-refractivity contribution < 1.29 is 19.0 Å². The van der Waals surface area contributed by atoms with Crippen molar-refractivity contribution in [3.8, 4) is 5.75 Å². The van der Waals surface area contributed by atoms with Crippen LogP contribution in [0.1, 0.15) is 43.5 Å². The van der Waals surface area contributed by atoms with E-state index in [-0.39, 0.29) is 29.1 Å². The van der Waals surface area contributed by atoms with Crippen LogP contribution in [0, 0.1) is 5.82 Å². The predicted octanol–water partition coefficient (Wildman–Crippen LogP) is 5.40. The van der Waals surface area contributed by atoms with Crippen LogP contribution in [0.4, 0.5) is 15.8 Å². The Morgan fingerprint density at radius 1 is 1.35 bits per heavy atom. The summed E-state index contributed by atoms with van der Waals surface area (Å²) in [6.45, 7) is 4.65. The second kappa shape index (κ2) is 9.66. The Balaban J connectivity index is 1.56. The SMILES string of the molecule is CCCC1(CC)COc2c(NCCSc3c[nH]c4ccccc34)c(F)c(N)c3c(=O)c(C(=O)O)cn1c23. The Labute approximate surface area is 217 Å². The van der Waals surface area contributed by atoms with Gasteiger partial charge < -0.3 is 30.4 Å². The number of pyridine rings is 1. The third kappa shape index (κ3) is 3.99. The average Bonchev–Trinajstić information content (AvgIpc) is 3.30. The summed E-state index contributed by atoms with van der Waals surface area (Å²) >= 11 is 1.63. The van der Waals surface area contributed by atoms with Crippen LogP contribution in [0.25, 0.3) is 21.8 Å². The van der Waals surface area contributed by atoms with Crippen LogP contribution in [0.2, 0.25) is 0 Å². The molecule has 0 radical (unpaired) electrons. The highest BCUT2D eigenvalue weighted by Crippen LogP contribution is 2.46. The smallest absolute Gasteiger partial charge is 0.341 e. The van der Waals surface area contributed by atoms with Gasteiger partial charge >= 0.3 is 5.97 Å². The Bertz CT molecular complexity index is 1580. The van der Waals surface area contributed by atoms with Crippen molar-refractivity contribution in [3.63, 3.8) is 0 Å². The van der Waals surface area contributed by atoms with E-state index in [2.05, 4.69) is 10.3 Å². The molecule has 37 heavy (non-hydrogen) atoms. The Morgan fingerprint density at radius 3 is 2.86 bits per heavy atom. The number of carboxylic acids is 1. The molecule has 194 valence electrons. The van der Waals surface area contributed by atoms with E-state index in [9.17, 15) is 14.7 Å². The zero-order chi connectivity index (χ0) is 26.3. The van der Waals surface area contributed by atoms with Crippen molar-refractivity contribution in [1.82, 2.24) is 9.55 Å². The van der Waals surface area contributed by atoms with Crippen molar-refractivity contribution in [2.75, 3.05) is 30.0 Å². The van der Waals surface area contributed by atoms with Gasteiger partial charge in [0.15, 0.2) is 11.6 Å². The molecule has 0 aliphatic carbocycles. The van der Waals surface area contributed by atoms with E-state index in [0.29, 0.717) is 30.7 Å². The number of hydrogen-bond donors (Lipinski definition) is 4. The lowest BCUT2D eigenvalue weighted by Gasteiger charge is -2.41. The standard InChI is InChI=1S/C27H29FN4O4S/c1-3-9-27(4-2)14-36-25-22(30-10-11-37-18-12-31-17-8-6-5-7-15(17)18)20(28)21(29)19-23(25)32(27)13-16(24(19)33)26(34)35/h5-8,12-13,30-31H,3-4,9-11,14,29H2,1-2H3,(H,34,35). The minimum atomic E-state index is -1.37. The second-order valence-electron chi connectivity index (χ2n) is 9.29. The molecular weight excluding hydrogens is 495 g/mol. The third-order valence-electron chi connectivity index (χ3n) is 7.19. The molecule has 0 amide bonds. The molecule has 0 saturated heterocycles. The summed E-state index contributed by atoms with van der Waals surface area (Å²) in [6.07, 6.45) is 5.47. The average molecular weight is 525 g/mol. The number of carbonyl (C=O) groups is 1. The molecule has 3 heterocycles. The van der Waals surface area contributed by atoms with E-state index in [1.165, 1.54) is 6.20 Å². The van der Waals surface area contributed by atoms with Crippen LogP contribution in [-0.4, -0.2) is 39.5 Å². The van der Waals surface area contributed by atoms with Gasteiger partial charge in [0.1, 0.15) is 17.9 Å². The maximum atomic E-state index is 15.6. The number of ether oxygens (including phenoxy) is 1. The van der Waals surface area contributed by atoms with Gasteiger partial charge in [-0.25, -0.2) is 9.18 Å². The summed E-state index contributed by atoms with van der Waals surface area (Å²) in [6, 6.07) is 8.01. The summed E-state index contributed by atoms with van der Waals surface area (Å²) in [5.41, 5.74) is 5.43. The molecule has 10 heteroatoms. The molecule has 0 spiro atoms. The number of nitrogens with zero attached hydrogens (tertiary/aromatic N) is 1. The molecular formula is C27H29FN4O4S. The summed E-state index contributed by atoms with van der Waals surface area (Å²) < 4.78 is 23.6. The minimum absolute atomic E-state index is 0.0851. The molecule has 0 bridgehead atoms. The normalized spacial score (nSPS) is 16.7. The number of aromatic nitrogens is 2. The summed E-state index contributed by atoms with van der Waals surface area (Å²) in [5, 5.41) is 13.8. The monoisotopic (exact) mass is 524 g/mol. The molecule has 2 aromatic carbocycles. The molecule has 0 saturated carbocycles. The van der Waals surface area contributed by atoms with Crippen molar-refractivity contribution in [2.45, 2.75) is 43.5 Å². The molecule has 8 nitrogen and oxygen atoms in total. The number of nitrogens with one attached hydrogen (secondary N) is 2. The van der Waals surface area contributed by atoms with E-state index in [0.717, 1.165) is 22.2 Å². The lowest BCUT2D eigenvalue weighted by atomic mass is 9.88. The van der Waals surface area contributed by atoms with Crippen LogP contribution >= 0.6 is 11.8 Å². The van der Waals surface area contributed by atoms with E-state index in [1.807, 2.05) is 44.3 Å². The molecule has 1 aliphatic heterocycles. The predicted molar refractivity (Wildman–Crippen MR) is 146 cm³/mol. The summed E-state index contributed by atoms with van der Waals surface area (Å²) in [7, 11) is 0. The van der Waals surface area contributed by atoms with E-state index >= 15 is 4.39 Å². The summed E-state index contributed by atoms with van der Waals surface area (Å²) in [4.78, 5) is 29.4. The quantitative estimate of drug-likeness (QED) is 0.131. The van der Waals surface area contributed by atoms with E-state index in [1.54, 1.807) is 16.3 Å². The number of carboxylic acid groups (broad SMARTS) is 1. The zero-order valence-electron chi connectivity index (χ0n) is 20.7. The van der Waals surface area contributed by atoms with Gasteiger partial charge in [0.25, 0.3) is 0 Å². The number of fused-ring (bicyclic) bond motifs is 1. The van der Waals surface area contributed by atoms with Gasteiger partial charge in [-0.15, -0.1) is 11.8 Å². The lowest BCUT2D eigenvalue weighted by molar-refractivity contribution is 0.0691. The maximum absolute atomic E-state index is 15.6. The first-order valence-electron chi connectivity index (χ1n) is 12.3. The van der Waals surface area contributed by atoms with Crippen molar-refractivity contribution >= 4 is 50.9 Å². The number of nitrogen functional groups attached to an aromatic ring is 1. The molecule has 5 rings (SSSR count). The first-order valence-corrected chi connectivity index (χ1v) is 13.3. The number of halogens is 1. The van der Waals surface area contributed by atoms with Crippen molar-refractivity contribution in [3.05, 3.63) is 58.3 Å². The second-order valence-corrected chi connectivity index (χ2v) is 10.4. The number of aromatic amines is 1. The van der Waals surface area contributed by atoms with Gasteiger partial charge in [-0.05, 0) is 18.9 Å². The molecule has 1 unspecified atom stereocenters.